The van der Waals surface area contributed by atoms with Gasteiger partial charge in [0.15, 0.2) is 0 Å². The van der Waals surface area contributed by atoms with E-state index in [0.717, 1.165) is 26.2 Å². The summed E-state index contributed by atoms with van der Waals surface area (Å²) in [5.41, 5.74) is 1.30. The Balaban J connectivity index is 1.91. The molecule has 0 radical (unpaired) electrons. The average Bonchev–Trinajstić information content (AvgIpc) is 2.39. The molecule has 1 fully saturated rings. The summed E-state index contributed by atoms with van der Waals surface area (Å²) in [6.45, 7) is 6.51. The average molecular weight is 220 g/mol. The lowest BCUT2D eigenvalue weighted by molar-refractivity contribution is 0.128. The van der Waals surface area contributed by atoms with E-state index in [-0.39, 0.29) is 12.6 Å². The Kier molecular flexibility index (Phi) is 3.80. The number of hydrogen-bond acceptors (Lipinski definition) is 3. The number of aliphatic hydroxyl groups is 1. The normalized spacial score (nSPS) is 19.8. The molecule has 1 unspecified atom stereocenters. The van der Waals surface area contributed by atoms with Crippen LogP contribution in [0.25, 0.3) is 0 Å². The molecular formula is C13H20N2O. The molecule has 1 aromatic rings. The molecule has 0 amide bonds. The number of piperazine rings is 1. The summed E-state index contributed by atoms with van der Waals surface area (Å²) in [5, 5.41) is 9.11. The van der Waals surface area contributed by atoms with Crippen molar-refractivity contribution >= 4 is 5.69 Å². The molecule has 0 aliphatic carbocycles. The van der Waals surface area contributed by atoms with Gasteiger partial charge in [-0.05, 0) is 19.1 Å². The van der Waals surface area contributed by atoms with Gasteiger partial charge in [-0.3, -0.25) is 4.90 Å². The number of para-hydroxylation sites is 1. The van der Waals surface area contributed by atoms with Gasteiger partial charge >= 0.3 is 0 Å². The van der Waals surface area contributed by atoms with Crippen molar-refractivity contribution in [1.82, 2.24) is 4.90 Å². The highest BCUT2D eigenvalue weighted by Gasteiger charge is 2.20. The van der Waals surface area contributed by atoms with Crippen molar-refractivity contribution < 1.29 is 5.11 Å². The Bertz CT molecular complexity index is 307. The zero-order valence-electron chi connectivity index (χ0n) is 9.84. The predicted octanol–water partition coefficient (Wildman–Crippen LogP) is 1.19. The van der Waals surface area contributed by atoms with E-state index in [1.54, 1.807) is 0 Å². The minimum absolute atomic E-state index is 0.255. The van der Waals surface area contributed by atoms with Gasteiger partial charge in [-0.2, -0.15) is 0 Å². The second-order valence-corrected chi connectivity index (χ2v) is 4.39. The first-order valence-corrected chi connectivity index (χ1v) is 5.96. The minimum atomic E-state index is 0.255. The number of aliphatic hydroxyl groups excluding tert-OH is 1. The lowest BCUT2D eigenvalue weighted by atomic mass is 10.2. The van der Waals surface area contributed by atoms with Crippen LogP contribution in [0.3, 0.4) is 0 Å². The molecule has 2 rings (SSSR count). The summed E-state index contributed by atoms with van der Waals surface area (Å²) in [5.74, 6) is 0. The van der Waals surface area contributed by atoms with E-state index < -0.39 is 0 Å². The van der Waals surface area contributed by atoms with E-state index in [0.29, 0.717) is 0 Å². The maximum Gasteiger partial charge on any atom is 0.0584 e. The number of nitrogens with zero attached hydrogens (tertiary/aromatic N) is 2. The molecule has 0 bridgehead atoms. The second-order valence-electron chi connectivity index (χ2n) is 4.39. The van der Waals surface area contributed by atoms with Crippen LogP contribution in [0.2, 0.25) is 0 Å². The van der Waals surface area contributed by atoms with Gasteiger partial charge in [0.05, 0.1) is 6.61 Å². The van der Waals surface area contributed by atoms with Crippen molar-refractivity contribution in [3.05, 3.63) is 30.3 Å². The molecule has 1 aliphatic heterocycles. The van der Waals surface area contributed by atoms with Crippen molar-refractivity contribution in [1.29, 1.82) is 0 Å². The standard InChI is InChI=1S/C13H20N2O/c1-12(11-16)14-7-9-15(10-8-14)13-5-3-2-4-6-13/h2-6,12,16H,7-11H2,1H3. The first-order valence-electron chi connectivity index (χ1n) is 5.96. The van der Waals surface area contributed by atoms with Crippen LogP contribution in [0, 0.1) is 0 Å². The van der Waals surface area contributed by atoms with E-state index in [4.69, 9.17) is 5.11 Å². The van der Waals surface area contributed by atoms with Crippen LogP contribution in [-0.4, -0.2) is 48.8 Å². The van der Waals surface area contributed by atoms with Crippen molar-refractivity contribution in [2.75, 3.05) is 37.7 Å². The summed E-state index contributed by atoms with van der Waals surface area (Å²) >= 11 is 0. The van der Waals surface area contributed by atoms with Gasteiger partial charge < -0.3 is 10.0 Å². The van der Waals surface area contributed by atoms with Gasteiger partial charge in [0.25, 0.3) is 0 Å². The van der Waals surface area contributed by atoms with E-state index in [2.05, 4.69) is 41.0 Å². The maximum absolute atomic E-state index is 9.11. The van der Waals surface area contributed by atoms with Gasteiger partial charge in [0.2, 0.25) is 0 Å². The second kappa shape index (κ2) is 5.32. The molecule has 1 aromatic carbocycles. The zero-order valence-corrected chi connectivity index (χ0v) is 9.84. The van der Waals surface area contributed by atoms with Crippen LogP contribution in [0.5, 0.6) is 0 Å². The molecule has 16 heavy (non-hydrogen) atoms. The van der Waals surface area contributed by atoms with Crippen molar-refractivity contribution in [2.24, 2.45) is 0 Å². The summed E-state index contributed by atoms with van der Waals surface area (Å²) in [4.78, 5) is 4.75. The van der Waals surface area contributed by atoms with Gasteiger partial charge in [-0.25, -0.2) is 0 Å². The fourth-order valence-electron chi connectivity index (χ4n) is 2.18. The number of anilines is 1. The smallest absolute Gasteiger partial charge is 0.0584 e. The molecule has 3 nitrogen and oxygen atoms in total. The van der Waals surface area contributed by atoms with Crippen LogP contribution < -0.4 is 4.90 Å². The van der Waals surface area contributed by atoms with Crippen LogP contribution in [0.1, 0.15) is 6.92 Å². The highest BCUT2D eigenvalue weighted by molar-refractivity contribution is 5.46. The predicted molar refractivity (Wildman–Crippen MR) is 66.8 cm³/mol. The van der Waals surface area contributed by atoms with Crippen LogP contribution in [0.4, 0.5) is 5.69 Å². The first-order chi connectivity index (χ1) is 7.81. The van der Waals surface area contributed by atoms with E-state index in [1.807, 2.05) is 6.07 Å². The van der Waals surface area contributed by atoms with E-state index >= 15 is 0 Å². The van der Waals surface area contributed by atoms with Crippen LogP contribution in [-0.2, 0) is 0 Å². The number of rotatable bonds is 3. The molecule has 1 aliphatic rings. The fourth-order valence-corrected chi connectivity index (χ4v) is 2.18. The van der Waals surface area contributed by atoms with Gasteiger partial charge in [0.1, 0.15) is 0 Å². The van der Waals surface area contributed by atoms with Gasteiger partial charge in [0, 0.05) is 37.9 Å². The lowest BCUT2D eigenvalue weighted by Gasteiger charge is -2.38. The van der Waals surface area contributed by atoms with E-state index in [9.17, 15) is 0 Å². The minimum Gasteiger partial charge on any atom is -0.395 e. The van der Waals surface area contributed by atoms with Crippen molar-refractivity contribution in [2.45, 2.75) is 13.0 Å². The lowest BCUT2D eigenvalue weighted by Crippen LogP contribution is -2.50. The summed E-state index contributed by atoms with van der Waals surface area (Å²) < 4.78 is 0. The fraction of sp³-hybridized carbons (Fsp3) is 0.538. The van der Waals surface area contributed by atoms with Crippen LogP contribution >= 0.6 is 0 Å². The molecular weight excluding hydrogens is 200 g/mol. The van der Waals surface area contributed by atoms with Gasteiger partial charge in [-0.1, -0.05) is 18.2 Å². The van der Waals surface area contributed by atoms with Gasteiger partial charge in [-0.15, -0.1) is 0 Å². The maximum atomic E-state index is 9.11. The molecule has 0 saturated carbocycles. The molecule has 0 aromatic heterocycles. The highest BCUT2D eigenvalue weighted by Crippen LogP contribution is 2.16. The topological polar surface area (TPSA) is 26.7 Å². The monoisotopic (exact) mass is 220 g/mol. The number of hydrogen-bond donors (Lipinski definition) is 1. The van der Waals surface area contributed by atoms with E-state index in [1.165, 1.54) is 5.69 Å². The quantitative estimate of drug-likeness (QED) is 0.829. The zero-order chi connectivity index (χ0) is 11.4. The summed E-state index contributed by atoms with van der Waals surface area (Å²) in [6, 6.07) is 10.8. The summed E-state index contributed by atoms with van der Waals surface area (Å²) in [7, 11) is 0. The third-order valence-corrected chi connectivity index (χ3v) is 3.32. The summed E-state index contributed by atoms with van der Waals surface area (Å²) in [6.07, 6.45) is 0. The Labute approximate surface area is 97.3 Å². The Hall–Kier alpha value is -1.06. The molecule has 3 heteroatoms. The Morgan fingerprint density at radius 3 is 2.31 bits per heavy atom. The SMILES string of the molecule is CC(CO)N1CCN(c2ccccc2)CC1. The molecule has 88 valence electrons. The Morgan fingerprint density at radius 2 is 1.75 bits per heavy atom. The van der Waals surface area contributed by atoms with Crippen LogP contribution in [0.15, 0.2) is 30.3 Å². The van der Waals surface area contributed by atoms with Crippen molar-refractivity contribution in [3.8, 4) is 0 Å². The highest BCUT2D eigenvalue weighted by atomic mass is 16.3. The molecule has 1 saturated heterocycles. The third-order valence-electron chi connectivity index (χ3n) is 3.32. The third kappa shape index (κ3) is 2.54. The largest absolute Gasteiger partial charge is 0.395 e. The molecule has 1 N–H and O–H groups in total. The molecule has 1 heterocycles. The first kappa shape index (κ1) is 11.4. The Morgan fingerprint density at radius 1 is 1.12 bits per heavy atom. The molecule has 1 atom stereocenters. The number of benzene rings is 1. The van der Waals surface area contributed by atoms with Crippen molar-refractivity contribution in [3.63, 3.8) is 0 Å². The molecule has 0 spiro atoms.